The van der Waals surface area contributed by atoms with Crippen LogP contribution in [0.5, 0.6) is 0 Å². The van der Waals surface area contributed by atoms with Crippen LogP contribution < -0.4 is 11.1 Å². The second-order valence-corrected chi connectivity index (χ2v) is 5.37. The second kappa shape index (κ2) is 6.73. The Kier molecular flexibility index (Phi) is 4.96. The number of nitrogens with zero attached hydrogens (tertiary/aromatic N) is 3. The van der Waals surface area contributed by atoms with Crippen molar-refractivity contribution < 1.29 is 13.2 Å². The summed E-state index contributed by atoms with van der Waals surface area (Å²) in [5.74, 6) is 0.158. The molecule has 0 bridgehead atoms. The lowest BCUT2D eigenvalue weighted by atomic mass is 10.1. The van der Waals surface area contributed by atoms with Crippen LogP contribution in [0.25, 0.3) is 0 Å². The predicted molar refractivity (Wildman–Crippen MR) is 78.3 cm³/mol. The van der Waals surface area contributed by atoms with Gasteiger partial charge in [-0.3, -0.25) is 0 Å². The Bertz CT molecular complexity index is 666. The first kappa shape index (κ1) is 16.2. The zero-order valence-electron chi connectivity index (χ0n) is 11.7. The van der Waals surface area contributed by atoms with E-state index in [0.29, 0.717) is 12.1 Å². The lowest BCUT2D eigenvalue weighted by Gasteiger charge is -2.08. The average Bonchev–Trinajstić information content (AvgIpc) is 2.88. The largest absolute Gasteiger partial charge is 0.416 e. The molecule has 2 aromatic rings. The number of alkyl halides is 3. The van der Waals surface area contributed by atoms with E-state index in [9.17, 15) is 13.2 Å². The molecule has 1 aromatic carbocycles. The molecule has 0 saturated carbocycles. The molecule has 118 valence electrons. The molecule has 0 aliphatic carbocycles. The van der Waals surface area contributed by atoms with Crippen molar-refractivity contribution in [2.75, 3.05) is 0 Å². The number of hydrogen-bond acceptors (Lipinski definition) is 4. The van der Waals surface area contributed by atoms with Gasteiger partial charge in [-0.15, -0.1) is 5.10 Å². The predicted octanol–water partition coefficient (Wildman–Crippen LogP) is 2.47. The van der Waals surface area contributed by atoms with Crippen LogP contribution in [0.4, 0.5) is 13.2 Å². The van der Waals surface area contributed by atoms with Crippen molar-refractivity contribution in [3.63, 3.8) is 0 Å². The number of halogens is 3. The SMILES string of the molecule is Cc1nnsc1CNC(N)=NCc1cccc(C(F)(F)F)c1. The topological polar surface area (TPSA) is 76.2 Å². The Balaban J connectivity index is 1.95. The third kappa shape index (κ3) is 4.42. The molecule has 9 heteroatoms. The van der Waals surface area contributed by atoms with Crippen LogP contribution in [-0.2, 0) is 19.3 Å². The molecule has 0 aliphatic rings. The van der Waals surface area contributed by atoms with E-state index >= 15 is 0 Å². The minimum Gasteiger partial charge on any atom is -0.370 e. The van der Waals surface area contributed by atoms with Crippen molar-refractivity contribution in [2.24, 2.45) is 10.7 Å². The maximum absolute atomic E-state index is 12.6. The molecule has 0 radical (unpaired) electrons. The molecule has 0 amide bonds. The van der Waals surface area contributed by atoms with Gasteiger partial charge in [0.2, 0.25) is 0 Å². The lowest BCUT2D eigenvalue weighted by molar-refractivity contribution is -0.137. The highest BCUT2D eigenvalue weighted by Gasteiger charge is 2.30. The van der Waals surface area contributed by atoms with Gasteiger partial charge in [0, 0.05) is 0 Å². The monoisotopic (exact) mass is 329 g/mol. The van der Waals surface area contributed by atoms with Gasteiger partial charge < -0.3 is 11.1 Å². The summed E-state index contributed by atoms with van der Waals surface area (Å²) in [6.07, 6.45) is -4.36. The van der Waals surface area contributed by atoms with E-state index in [-0.39, 0.29) is 12.5 Å². The van der Waals surface area contributed by atoms with Gasteiger partial charge in [-0.1, -0.05) is 16.6 Å². The highest BCUT2D eigenvalue weighted by atomic mass is 32.1. The minimum atomic E-state index is -4.36. The van der Waals surface area contributed by atoms with Gasteiger partial charge in [0.15, 0.2) is 5.96 Å². The van der Waals surface area contributed by atoms with Gasteiger partial charge in [-0.2, -0.15) is 13.2 Å². The maximum atomic E-state index is 12.6. The van der Waals surface area contributed by atoms with Gasteiger partial charge in [0.1, 0.15) is 0 Å². The number of nitrogens with two attached hydrogens (primary N) is 1. The van der Waals surface area contributed by atoms with E-state index in [0.717, 1.165) is 22.7 Å². The zero-order chi connectivity index (χ0) is 16.2. The number of benzene rings is 1. The Morgan fingerprint density at radius 1 is 1.41 bits per heavy atom. The molecular weight excluding hydrogens is 315 g/mol. The fraction of sp³-hybridized carbons (Fsp3) is 0.308. The second-order valence-electron chi connectivity index (χ2n) is 4.53. The van der Waals surface area contributed by atoms with Crippen molar-refractivity contribution in [3.05, 3.63) is 46.0 Å². The van der Waals surface area contributed by atoms with Crippen molar-refractivity contribution in [1.29, 1.82) is 0 Å². The third-order valence-electron chi connectivity index (χ3n) is 2.86. The number of aromatic nitrogens is 2. The van der Waals surface area contributed by atoms with Gasteiger partial charge >= 0.3 is 6.18 Å². The first-order valence-corrected chi connectivity index (χ1v) is 7.11. The van der Waals surface area contributed by atoms with Crippen molar-refractivity contribution in [2.45, 2.75) is 26.2 Å². The molecule has 3 N–H and O–H groups in total. The molecule has 0 fully saturated rings. The number of aryl methyl sites for hydroxylation is 1. The smallest absolute Gasteiger partial charge is 0.370 e. The summed E-state index contributed by atoms with van der Waals surface area (Å²) in [7, 11) is 0. The van der Waals surface area contributed by atoms with Gasteiger partial charge in [-0.05, 0) is 36.2 Å². The molecule has 5 nitrogen and oxygen atoms in total. The van der Waals surface area contributed by atoms with Crippen molar-refractivity contribution in [3.8, 4) is 0 Å². The van der Waals surface area contributed by atoms with E-state index in [1.54, 1.807) is 6.07 Å². The highest BCUT2D eigenvalue weighted by molar-refractivity contribution is 7.05. The Labute approximate surface area is 129 Å². The van der Waals surface area contributed by atoms with Gasteiger partial charge in [0.05, 0.1) is 29.2 Å². The normalized spacial score (nSPS) is 12.5. The summed E-state index contributed by atoms with van der Waals surface area (Å²) in [5, 5.41) is 6.74. The van der Waals surface area contributed by atoms with Crippen molar-refractivity contribution >= 4 is 17.5 Å². The molecule has 0 atom stereocenters. The summed E-state index contributed by atoms with van der Waals surface area (Å²) in [6.45, 7) is 2.33. The van der Waals surface area contributed by atoms with Crippen LogP contribution in [0.1, 0.15) is 21.7 Å². The summed E-state index contributed by atoms with van der Waals surface area (Å²) in [5.41, 5.74) is 6.24. The van der Waals surface area contributed by atoms with Crippen LogP contribution in [0.15, 0.2) is 29.3 Å². The number of hydrogen-bond donors (Lipinski definition) is 2. The molecule has 1 heterocycles. The Morgan fingerprint density at radius 2 is 2.18 bits per heavy atom. The molecule has 2 rings (SSSR count). The maximum Gasteiger partial charge on any atom is 0.416 e. The quantitative estimate of drug-likeness (QED) is 0.667. The van der Waals surface area contributed by atoms with Crippen LogP contribution in [-0.4, -0.2) is 15.5 Å². The third-order valence-corrected chi connectivity index (χ3v) is 3.69. The average molecular weight is 329 g/mol. The highest BCUT2D eigenvalue weighted by Crippen LogP contribution is 2.29. The van der Waals surface area contributed by atoms with E-state index in [4.69, 9.17) is 5.73 Å². The standard InChI is InChI=1S/C13H14F3N5S/c1-8-11(22-21-20-8)7-19-12(17)18-6-9-3-2-4-10(5-9)13(14,15)16/h2-5H,6-7H2,1H3,(H3,17,18,19). The van der Waals surface area contributed by atoms with E-state index in [2.05, 4.69) is 19.9 Å². The lowest BCUT2D eigenvalue weighted by Crippen LogP contribution is -2.31. The Hall–Kier alpha value is -2.16. The van der Waals surface area contributed by atoms with Crippen molar-refractivity contribution in [1.82, 2.24) is 14.9 Å². The zero-order valence-corrected chi connectivity index (χ0v) is 12.5. The fourth-order valence-electron chi connectivity index (χ4n) is 1.66. The molecule has 0 unspecified atom stereocenters. The van der Waals surface area contributed by atoms with Gasteiger partial charge in [0.25, 0.3) is 0 Å². The number of aliphatic imine (C=N–C) groups is 1. The molecule has 0 aliphatic heterocycles. The summed E-state index contributed by atoms with van der Waals surface area (Å²) < 4.78 is 41.6. The Morgan fingerprint density at radius 3 is 2.82 bits per heavy atom. The van der Waals surface area contributed by atoms with Crippen LogP contribution in [0.2, 0.25) is 0 Å². The number of rotatable bonds is 4. The first-order valence-electron chi connectivity index (χ1n) is 6.34. The van der Waals surface area contributed by atoms with E-state index in [1.807, 2.05) is 6.92 Å². The van der Waals surface area contributed by atoms with Crippen LogP contribution in [0.3, 0.4) is 0 Å². The van der Waals surface area contributed by atoms with Crippen LogP contribution in [0, 0.1) is 6.92 Å². The molecule has 22 heavy (non-hydrogen) atoms. The van der Waals surface area contributed by atoms with E-state index < -0.39 is 11.7 Å². The molecule has 1 aromatic heterocycles. The molecule has 0 spiro atoms. The van der Waals surface area contributed by atoms with Gasteiger partial charge in [-0.25, -0.2) is 4.99 Å². The molecular formula is C13H14F3N5S. The summed E-state index contributed by atoms with van der Waals surface area (Å²) in [6, 6.07) is 5.01. The number of guanidine groups is 1. The minimum absolute atomic E-state index is 0.0721. The summed E-state index contributed by atoms with van der Waals surface area (Å²) >= 11 is 1.25. The van der Waals surface area contributed by atoms with E-state index in [1.165, 1.54) is 17.6 Å². The summed E-state index contributed by atoms with van der Waals surface area (Å²) in [4.78, 5) is 4.95. The van der Waals surface area contributed by atoms with Crippen LogP contribution >= 0.6 is 11.5 Å². The first-order chi connectivity index (χ1) is 10.4. The fourth-order valence-corrected chi connectivity index (χ4v) is 2.23. The molecule has 0 saturated heterocycles. The number of nitrogens with one attached hydrogen (secondary N) is 1.